The van der Waals surface area contributed by atoms with E-state index >= 15 is 0 Å². The number of halogens is 1. The van der Waals surface area contributed by atoms with Crippen molar-refractivity contribution in [3.8, 4) is 5.75 Å². The summed E-state index contributed by atoms with van der Waals surface area (Å²) in [5.74, 6) is -1.04. The summed E-state index contributed by atoms with van der Waals surface area (Å²) in [7, 11) is 0. The van der Waals surface area contributed by atoms with Crippen LogP contribution < -0.4 is 10.5 Å². The van der Waals surface area contributed by atoms with Gasteiger partial charge in [0.25, 0.3) is 0 Å². The van der Waals surface area contributed by atoms with Crippen LogP contribution in [-0.4, -0.2) is 17.7 Å². The molecule has 0 bridgehead atoms. The number of carbonyl (C=O) groups excluding carboxylic acids is 1. The zero-order valence-electron chi connectivity index (χ0n) is 7.47. The van der Waals surface area contributed by atoms with Gasteiger partial charge in [0.05, 0.1) is 4.92 Å². The highest BCUT2D eigenvalue weighted by Gasteiger charge is 2.17. The zero-order chi connectivity index (χ0) is 11.4. The Bertz CT molecular complexity index is 408. The average molecular weight is 214 g/mol. The number of ether oxygens (including phenoxy) is 1. The number of nitro groups is 1. The molecule has 0 heterocycles. The highest BCUT2D eigenvalue weighted by molar-refractivity contribution is 5.93. The van der Waals surface area contributed by atoms with Crippen molar-refractivity contribution in [3.63, 3.8) is 0 Å². The Morgan fingerprint density at radius 2 is 2.27 bits per heavy atom. The molecule has 0 spiro atoms. The molecule has 0 atom stereocenters. The van der Waals surface area contributed by atoms with Crippen LogP contribution in [0.1, 0.15) is 10.4 Å². The van der Waals surface area contributed by atoms with Crippen molar-refractivity contribution in [2.75, 3.05) is 6.86 Å². The third kappa shape index (κ3) is 2.39. The van der Waals surface area contributed by atoms with Crippen molar-refractivity contribution >= 4 is 11.6 Å². The molecule has 0 radical (unpaired) electrons. The number of nitro benzene ring substituents is 1. The van der Waals surface area contributed by atoms with Crippen molar-refractivity contribution < 1.29 is 18.8 Å². The summed E-state index contributed by atoms with van der Waals surface area (Å²) < 4.78 is 16.2. The number of nitrogens with zero attached hydrogens (tertiary/aromatic N) is 1. The van der Waals surface area contributed by atoms with Gasteiger partial charge in [-0.1, -0.05) is 0 Å². The number of hydrogen-bond acceptors (Lipinski definition) is 4. The van der Waals surface area contributed by atoms with E-state index in [1.54, 1.807) is 0 Å². The van der Waals surface area contributed by atoms with Crippen molar-refractivity contribution in [1.82, 2.24) is 0 Å². The Hall–Kier alpha value is -2.18. The van der Waals surface area contributed by atoms with E-state index in [0.29, 0.717) is 0 Å². The van der Waals surface area contributed by atoms with Crippen LogP contribution in [0.3, 0.4) is 0 Å². The Labute approximate surface area is 83.6 Å². The number of amides is 1. The number of rotatable bonds is 4. The topological polar surface area (TPSA) is 95.5 Å². The number of nitrogens with two attached hydrogens (primary N) is 1. The monoisotopic (exact) mass is 214 g/mol. The maximum Gasteiger partial charge on any atom is 0.311 e. The molecule has 0 saturated heterocycles. The predicted octanol–water partition coefficient (Wildman–Crippen LogP) is 0.999. The van der Waals surface area contributed by atoms with Crippen LogP contribution >= 0.6 is 0 Å². The maximum atomic E-state index is 11.8. The van der Waals surface area contributed by atoms with Gasteiger partial charge in [-0.15, -0.1) is 0 Å². The molecule has 0 aliphatic carbocycles. The minimum atomic E-state index is -1.18. The lowest BCUT2D eigenvalue weighted by atomic mass is 10.2. The van der Waals surface area contributed by atoms with E-state index in [1.807, 2.05) is 0 Å². The van der Waals surface area contributed by atoms with Gasteiger partial charge >= 0.3 is 5.69 Å². The van der Waals surface area contributed by atoms with E-state index in [-0.39, 0.29) is 11.3 Å². The van der Waals surface area contributed by atoms with Crippen LogP contribution in [0, 0.1) is 10.1 Å². The Kier molecular flexibility index (Phi) is 3.17. The number of hydrogen-bond donors (Lipinski definition) is 1. The second-order valence-corrected chi connectivity index (χ2v) is 2.56. The zero-order valence-corrected chi connectivity index (χ0v) is 7.47. The van der Waals surface area contributed by atoms with Crippen LogP contribution in [0.4, 0.5) is 10.1 Å². The summed E-state index contributed by atoms with van der Waals surface area (Å²) in [5, 5.41) is 10.5. The summed E-state index contributed by atoms with van der Waals surface area (Å²) in [6.45, 7) is -1.18. The van der Waals surface area contributed by atoms with Crippen LogP contribution in [0.2, 0.25) is 0 Å². The first-order valence-corrected chi connectivity index (χ1v) is 3.83. The lowest BCUT2D eigenvalue weighted by Gasteiger charge is -2.03. The quantitative estimate of drug-likeness (QED) is 0.597. The lowest BCUT2D eigenvalue weighted by molar-refractivity contribution is -0.386. The third-order valence-electron chi connectivity index (χ3n) is 1.65. The normalized spacial score (nSPS) is 9.67. The molecule has 0 unspecified atom stereocenters. The van der Waals surface area contributed by atoms with Crippen molar-refractivity contribution in [2.45, 2.75) is 0 Å². The van der Waals surface area contributed by atoms with Gasteiger partial charge in [-0.05, 0) is 12.1 Å². The first-order chi connectivity index (χ1) is 7.06. The van der Waals surface area contributed by atoms with Crippen LogP contribution in [0.25, 0.3) is 0 Å². The summed E-state index contributed by atoms with van der Waals surface area (Å²) in [6, 6.07) is 3.28. The second kappa shape index (κ2) is 4.36. The first kappa shape index (κ1) is 10.9. The fourth-order valence-electron chi connectivity index (χ4n) is 0.994. The van der Waals surface area contributed by atoms with E-state index in [1.165, 1.54) is 6.07 Å². The Morgan fingerprint density at radius 1 is 1.60 bits per heavy atom. The van der Waals surface area contributed by atoms with Gasteiger partial charge in [0.1, 0.15) is 0 Å². The predicted molar refractivity (Wildman–Crippen MR) is 48.2 cm³/mol. The van der Waals surface area contributed by atoms with Crippen LogP contribution in [0.15, 0.2) is 18.2 Å². The molecule has 0 aliphatic heterocycles. The molecule has 80 valence electrons. The molecule has 7 heteroatoms. The average Bonchev–Trinajstić information content (AvgIpc) is 2.18. The second-order valence-electron chi connectivity index (χ2n) is 2.56. The van der Waals surface area contributed by atoms with Crippen molar-refractivity contribution in [2.24, 2.45) is 5.73 Å². The highest BCUT2D eigenvalue weighted by atomic mass is 19.1. The molecular formula is C8H7FN2O4. The summed E-state index contributed by atoms with van der Waals surface area (Å²) in [4.78, 5) is 20.5. The Morgan fingerprint density at radius 3 is 2.73 bits per heavy atom. The number of primary amides is 1. The fourth-order valence-corrected chi connectivity index (χ4v) is 0.994. The van der Waals surface area contributed by atoms with Gasteiger partial charge < -0.3 is 10.5 Å². The molecule has 0 fully saturated rings. The van der Waals surface area contributed by atoms with Crippen molar-refractivity contribution in [3.05, 3.63) is 33.9 Å². The largest absolute Gasteiger partial charge is 0.456 e. The van der Waals surface area contributed by atoms with E-state index < -0.39 is 23.4 Å². The van der Waals surface area contributed by atoms with Gasteiger partial charge in [0.2, 0.25) is 12.8 Å². The molecular weight excluding hydrogens is 207 g/mol. The number of carbonyl (C=O) groups is 1. The van der Waals surface area contributed by atoms with Crippen molar-refractivity contribution in [1.29, 1.82) is 0 Å². The van der Waals surface area contributed by atoms with Gasteiger partial charge in [0.15, 0.2) is 5.75 Å². The summed E-state index contributed by atoms with van der Waals surface area (Å²) in [6.07, 6.45) is 0. The number of benzene rings is 1. The first-order valence-electron chi connectivity index (χ1n) is 3.83. The SMILES string of the molecule is NC(=O)c1ccc(OCF)c([N+](=O)[O-])c1. The van der Waals surface area contributed by atoms with Gasteiger partial charge in [-0.3, -0.25) is 14.9 Å². The molecule has 0 aliphatic rings. The van der Waals surface area contributed by atoms with E-state index in [4.69, 9.17) is 5.73 Å². The Balaban J connectivity index is 3.20. The molecule has 6 nitrogen and oxygen atoms in total. The smallest absolute Gasteiger partial charge is 0.311 e. The molecule has 0 saturated carbocycles. The standard InChI is InChI=1S/C8H7FN2O4/c9-4-15-7-2-1-5(8(10)12)3-6(7)11(13)14/h1-3H,4H2,(H2,10,12). The molecule has 15 heavy (non-hydrogen) atoms. The van der Waals surface area contributed by atoms with Crippen LogP contribution in [-0.2, 0) is 0 Å². The van der Waals surface area contributed by atoms with E-state index in [2.05, 4.69) is 4.74 Å². The van der Waals surface area contributed by atoms with Crippen LogP contribution in [0.5, 0.6) is 5.75 Å². The molecule has 1 aromatic carbocycles. The van der Waals surface area contributed by atoms with Gasteiger partial charge in [-0.25, -0.2) is 4.39 Å². The summed E-state index contributed by atoms with van der Waals surface area (Å²) in [5.41, 5.74) is 4.40. The molecule has 0 aromatic heterocycles. The lowest BCUT2D eigenvalue weighted by Crippen LogP contribution is -2.11. The minimum Gasteiger partial charge on any atom is -0.456 e. The molecule has 1 amide bonds. The highest BCUT2D eigenvalue weighted by Crippen LogP contribution is 2.27. The number of alkyl halides is 1. The summed E-state index contributed by atoms with van der Waals surface area (Å²) >= 11 is 0. The molecule has 1 aromatic rings. The molecule has 1 rings (SSSR count). The maximum absolute atomic E-state index is 11.8. The minimum absolute atomic E-state index is 0.0343. The van der Waals surface area contributed by atoms with E-state index in [9.17, 15) is 19.3 Å². The van der Waals surface area contributed by atoms with Gasteiger partial charge in [0, 0.05) is 11.6 Å². The fraction of sp³-hybridized carbons (Fsp3) is 0.125. The van der Waals surface area contributed by atoms with E-state index in [0.717, 1.165) is 12.1 Å². The van der Waals surface area contributed by atoms with Gasteiger partial charge in [-0.2, -0.15) is 0 Å². The molecule has 2 N–H and O–H groups in total. The third-order valence-corrected chi connectivity index (χ3v) is 1.65.